The molecule has 0 radical (unpaired) electrons. The number of hydrogen-bond acceptors (Lipinski definition) is 7. The zero-order chi connectivity index (χ0) is 32.6. The number of amides is 2. The van der Waals surface area contributed by atoms with Crippen LogP contribution in [0.1, 0.15) is 18.4 Å². The van der Waals surface area contributed by atoms with E-state index in [0.717, 1.165) is 22.3 Å². The maximum atomic E-state index is 13.2. The summed E-state index contributed by atoms with van der Waals surface area (Å²) in [6.45, 7) is 0.271. The third-order valence-electron chi connectivity index (χ3n) is 6.68. The number of carbonyl (C=O) groups excluding carboxylic acids is 2. The fourth-order valence-corrected chi connectivity index (χ4v) is 5.01. The number of methoxy groups -OCH3 is 1. The number of rotatable bonds is 10. The molecule has 1 aromatic heterocycles. The number of halogens is 1. The number of sulfone groups is 1. The summed E-state index contributed by atoms with van der Waals surface area (Å²) >= 11 is 0. The summed E-state index contributed by atoms with van der Waals surface area (Å²) < 4.78 is 42.6. The van der Waals surface area contributed by atoms with E-state index in [4.69, 9.17) is 15.9 Å². The van der Waals surface area contributed by atoms with Crippen molar-refractivity contribution < 1.29 is 27.1 Å². The van der Waals surface area contributed by atoms with Crippen molar-refractivity contribution in [3.05, 3.63) is 102 Å². The Hall–Kier alpha value is -5.14. The second-order valence-electron chi connectivity index (χ2n) is 10.1. The topological polar surface area (TPSA) is 171 Å². The molecule has 234 valence electrons. The summed E-state index contributed by atoms with van der Waals surface area (Å²) in [4.78, 5) is 33.9. The molecule has 4 rings (SSSR count). The Morgan fingerprint density at radius 1 is 1.02 bits per heavy atom. The Labute approximate surface area is 260 Å². The van der Waals surface area contributed by atoms with Gasteiger partial charge < -0.3 is 20.8 Å². The van der Waals surface area contributed by atoms with Gasteiger partial charge in [-0.3, -0.25) is 15.0 Å². The highest BCUT2D eigenvalue weighted by atomic mass is 32.2. The molecule has 0 saturated carbocycles. The molecule has 5 N–H and O–H groups in total. The number of guanidine groups is 1. The summed E-state index contributed by atoms with van der Waals surface area (Å²) in [6.07, 6.45) is 3.29. The lowest BCUT2D eigenvalue weighted by molar-refractivity contribution is -0.118. The highest BCUT2D eigenvalue weighted by molar-refractivity contribution is 7.90. The molecule has 0 aliphatic carbocycles. The van der Waals surface area contributed by atoms with Crippen molar-refractivity contribution in [1.29, 1.82) is 5.41 Å². The molecule has 4 aromatic rings. The van der Waals surface area contributed by atoms with Gasteiger partial charge in [0, 0.05) is 30.6 Å². The summed E-state index contributed by atoms with van der Waals surface area (Å²) in [5, 5.41) is 11.5. The number of benzene rings is 3. The highest BCUT2D eigenvalue weighted by Crippen LogP contribution is 2.32. The van der Waals surface area contributed by atoms with Gasteiger partial charge in [-0.25, -0.2) is 17.7 Å². The average Bonchev–Trinajstić information content (AvgIpc) is 3.01. The van der Waals surface area contributed by atoms with Gasteiger partial charge in [0.25, 0.3) is 0 Å². The van der Waals surface area contributed by atoms with Crippen molar-refractivity contribution in [3.63, 3.8) is 0 Å². The largest absolute Gasteiger partial charge is 0.495 e. The molecule has 0 bridgehead atoms. The fraction of sp³-hybridized carbons (Fsp3) is 0.188. The first-order valence-corrected chi connectivity index (χ1v) is 15.8. The molecule has 11 nitrogen and oxygen atoms in total. The van der Waals surface area contributed by atoms with Crippen LogP contribution in [0.15, 0.2) is 94.9 Å². The van der Waals surface area contributed by atoms with Gasteiger partial charge in [0.15, 0.2) is 9.84 Å². The maximum Gasteiger partial charge on any atom is 0.234 e. The number of nitrogens with two attached hydrogens (primary N) is 1. The lowest BCUT2D eigenvalue weighted by Crippen LogP contribution is -2.37. The van der Waals surface area contributed by atoms with Gasteiger partial charge >= 0.3 is 0 Å². The van der Waals surface area contributed by atoms with Crippen LogP contribution in [0.4, 0.5) is 15.8 Å². The first-order valence-electron chi connectivity index (χ1n) is 13.9. The van der Waals surface area contributed by atoms with Crippen LogP contribution >= 0.6 is 0 Å². The second kappa shape index (κ2) is 14.6. The predicted octanol–water partition coefficient (Wildman–Crippen LogP) is 4.02. The number of nitrogens with zero attached hydrogens (tertiary/aromatic N) is 2. The van der Waals surface area contributed by atoms with Crippen LogP contribution in [0.5, 0.6) is 5.75 Å². The maximum absolute atomic E-state index is 13.2. The minimum atomic E-state index is -3.54. The van der Waals surface area contributed by atoms with Crippen molar-refractivity contribution in [1.82, 2.24) is 4.98 Å². The van der Waals surface area contributed by atoms with Crippen LogP contribution < -0.4 is 26.2 Å². The van der Waals surface area contributed by atoms with Crippen LogP contribution in [0.3, 0.4) is 0 Å². The van der Waals surface area contributed by atoms with E-state index >= 15 is 0 Å². The van der Waals surface area contributed by atoms with Gasteiger partial charge in [-0.05, 0) is 78.2 Å². The van der Waals surface area contributed by atoms with Crippen molar-refractivity contribution >= 4 is 39.0 Å². The molecule has 0 saturated heterocycles. The summed E-state index contributed by atoms with van der Waals surface area (Å²) in [5.41, 5.74) is 9.00. The molecule has 0 spiro atoms. The van der Waals surface area contributed by atoms with Crippen molar-refractivity contribution in [3.8, 4) is 16.9 Å². The van der Waals surface area contributed by atoms with Crippen LogP contribution in [0.25, 0.3) is 11.1 Å². The molecule has 3 aromatic carbocycles. The average molecular weight is 633 g/mol. The third-order valence-corrected chi connectivity index (χ3v) is 7.79. The van der Waals surface area contributed by atoms with Gasteiger partial charge in [-0.15, -0.1) is 0 Å². The summed E-state index contributed by atoms with van der Waals surface area (Å²) in [6, 6.07) is 20.4. The van der Waals surface area contributed by atoms with Gasteiger partial charge in [0.05, 0.1) is 24.1 Å². The van der Waals surface area contributed by atoms with Gasteiger partial charge in [0.2, 0.25) is 17.8 Å². The number of anilines is 2. The standard InChI is InChI=1S/C32H33FN6O5S/c1-44-28-19-26(45(2,42)43)14-15-27(28)39(31(41)4-3-17-34)32(35)38-29-16-9-23(20-36-29)22-7-12-25(13-8-22)37-30(40)18-21-5-10-24(33)11-6-21/h5-16,19-20H,3-4,17-18,34H2,1-2H3,(H,37,40)(H2,35,36,38). The minimum Gasteiger partial charge on any atom is -0.495 e. The Bertz CT molecular complexity index is 1850. The van der Waals surface area contributed by atoms with E-state index in [0.29, 0.717) is 17.7 Å². The number of hydrogen-bond donors (Lipinski definition) is 4. The lowest BCUT2D eigenvalue weighted by atomic mass is 10.1. The predicted molar refractivity (Wildman–Crippen MR) is 170 cm³/mol. The Balaban J connectivity index is 1.52. The van der Waals surface area contributed by atoms with Crippen molar-refractivity contribution in [2.45, 2.75) is 24.2 Å². The van der Waals surface area contributed by atoms with E-state index in [1.165, 1.54) is 37.4 Å². The first-order chi connectivity index (χ1) is 21.5. The van der Waals surface area contributed by atoms with E-state index in [2.05, 4.69) is 15.3 Å². The molecule has 13 heteroatoms. The molecule has 1 heterocycles. The van der Waals surface area contributed by atoms with Crippen LogP contribution in [-0.4, -0.2) is 51.1 Å². The monoisotopic (exact) mass is 632 g/mol. The zero-order valence-corrected chi connectivity index (χ0v) is 25.5. The number of carbonyl (C=O) groups is 2. The van der Waals surface area contributed by atoms with E-state index in [1.54, 1.807) is 42.6 Å². The van der Waals surface area contributed by atoms with E-state index in [9.17, 15) is 22.4 Å². The molecule has 0 unspecified atom stereocenters. The molecule has 0 fully saturated rings. The number of nitrogens with one attached hydrogen (secondary N) is 3. The SMILES string of the molecule is COc1cc(S(C)(=O)=O)ccc1N(C(=N)/N=c1/ccc(-c2ccc(NC(=O)Cc3ccc(F)cc3)cc2)c[nH]1)C(=O)CCCN. The van der Waals surface area contributed by atoms with Gasteiger partial charge in [-0.1, -0.05) is 24.3 Å². The first kappa shape index (κ1) is 32.8. The number of H-pyrrole nitrogens is 1. The Kier molecular flexibility index (Phi) is 10.6. The lowest BCUT2D eigenvalue weighted by Gasteiger charge is -2.23. The van der Waals surface area contributed by atoms with Crippen LogP contribution in [-0.2, 0) is 25.8 Å². The Morgan fingerprint density at radius 2 is 1.71 bits per heavy atom. The van der Waals surface area contributed by atoms with Crippen LogP contribution in [0, 0.1) is 11.2 Å². The van der Waals surface area contributed by atoms with Crippen LogP contribution in [0.2, 0.25) is 0 Å². The number of aromatic nitrogens is 1. The van der Waals surface area contributed by atoms with E-state index in [1.807, 2.05) is 12.1 Å². The fourth-order valence-electron chi connectivity index (χ4n) is 4.37. The number of ether oxygens (including phenoxy) is 1. The van der Waals surface area contributed by atoms with E-state index < -0.39 is 21.7 Å². The molecule has 0 atom stereocenters. The second-order valence-corrected chi connectivity index (χ2v) is 12.1. The number of pyridine rings is 1. The van der Waals surface area contributed by atoms with Crippen molar-refractivity contribution in [2.75, 3.05) is 30.1 Å². The summed E-state index contributed by atoms with van der Waals surface area (Å²) in [7, 11) is -2.20. The third kappa shape index (κ3) is 8.71. The molecule has 2 amide bonds. The summed E-state index contributed by atoms with van der Waals surface area (Å²) in [5.74, 6) is -1.36. The van der Waals surface area contributed by atoms with Crippen molar-refractivity contribution in [2.24, 2.45) is 10.7 Å². The molecule has 0 aliphatic rings. The quantitative estimate of drug-likeness (QED) is 0.152. The molecule has 45 heavy (non-hydrogen) atoms. The van der Waals surface area contributed by atoms with E-state index in [-0.39, 0.29) is 52.9 Å². The number of aromatic amines is 1. The minimum absolute atomic E-state index is 0.00487. The molecular formula is C32H33FN6O5S. The van der Waals surface area contributed by atoms with Gasteiger partial charge in [-0.2, -0.15) is 4.99 Å². The zero-order valence-electron chi connectivity index (χ0n) is 24.7. The normalized spacial score (nSPS) is 11.6. The highest BCUT2D eigenvalue weighted by Gasteiger charge is 2.25. The molecule has 0 aliphatic heterocycles. The smallest absolute Gasteiger partial charge is 0.234 e. The molecular weight excluding hydrogens is 599 g/mol. The Morgan fingerprint density at radius 3 is 2.31 bits per heavy atom. The van der Waals surface area contributed by atoms with Gasteiger partial charge in [0.1, 0.15) is 17.1 Å².